The molecule has 11 heteroatoms. The molecule has 0 aromatic heterocycles. The quantitative estimate of drug-likeness (QED) is 0.338. The molecule has 6 rings (SSSR count). The van der Waals surface area contributed by atoms with Crippen LogP contribution in [0, 0.1) is 35.5 Å². The van der Waals surface area contributed by atoms with Gasteiger partial charge < -0.3 is 24.8 Å². The summed E-state index contributed by atoms with van der Waals surface area (Å²) in [6, 6.07) is 13.9. The van der Waals surface area contributed by atoms with Crippen molar-refractivity contribution in [2.24, 2.45) is 35.5 Å². The molecule has 0 spiro atoms. The van der Waals surface area contributed by atoms with Gasteiger partial charge in [-0.15, -0.1) is 0 Å². The first-order valence-corrected chi connectivity index (χ1v) is 14.7. The van der Waals surface area contributed by atoms with Crippen molar-refractivity contribution in [3.8, 4) is 11.5 Å². The summed E-state index contributed by atoms with van der Waals surface area (Å²) < 4.78 is 15.4. The maximum absolute atomic E-state index is 12.6. The molecule has 0 radical (unpaired) electrons. The number of carbonyl (C=O) groups excluding carboxylic acids is 6. The fourth-order valence-corrected chi connectivity index (χ4v) is 6.77. The van der Waals surface area contributed by atoms with Crippen LogP contribution in [0.5, 0.6) is 11.5 Å². The van der Waals surface area contributed by atoms with Gasteiger partial charge in [0, 0.05) is 24.2 Å². The molecule has 6 atom stereocenters. The summed E-state index contributed by atoms with van der Waals surface area (Å²) in [6.07, 6.45) is 4.05. The van der Waals surface area contributed by atoms with Crippen LogP contribution in [0.1, 0.15) is 51.4 Å². The summed E-state index contributed by atoms with van der Waals surface area (Å²) in [5.74, 6) is -2.53. The van der Waals surface area contributed by atoms with Gasteiger partial charge in [0.25, 0.3) is 0 Å². The molecule has 2 saturated heterocycles. The molecule has 2 aromatic rings. The number of amides is 2. The zero-order chi connectivity index (χ0) is 30.1. The largest absolute Gasteiger partial charge is 0.457 e. The Morgan fingerprint density at radius 3 is 1.35 bits per heavy atom. The van der Waals surface area contributed by atoms with Crippen LogP contribution < -0.4 is 15.4 Å². The van der Waals surface area contributed by atoms with Gasteiger partial charge in [-0.05, 0) is 98.9 Å². The molecule has 2 aromatic carbocycles. The lowest BCUT2D eigenvalue weighted by Crippen LogP contribution is -2.29. The van der Waals surface area contributed by atoms with E-state index in [4.69, 9.17) is 14.2 Å². The molecule has 2 N–H and O–H groups in total. The standard InChI is InChI=1S/C32H32N2O9/c35-27(15-17-1-11-23-25(13-17)31(39)42-29(23)37)33-19-3-7-21(8-4-19)41-22-9-5-20(6-10-22)34-28(36)16-18-2-12-24-26(14-18)32(40)43-30(24)38/h3-10,17-18,23-26H,1-2,11-16H2,(H,33,35)(H,34,36). The number of cyclic esters (lactones) is 4. The third kappa shape index (κ3) is 6.45. The predicted molar refractivity (Wildman–Crippen MR) is 150 cm³/mol. The van der Waals surface area contributed by atoms with E-state index in [1.807, 2.05) is 0 Å². The van der Waals surface area contributed by atoms with Crippen molar-refractivity contribution in [1.82, 2.24) is 0 Å². The molecule has 43 heavy (non-hydrogen) atoms. The minimum atomic E-state index is -0.470. The zero-order valence-electron chi connectivity index (χ0n) is 23.4. The Kier molecular flexibility index (Phi) is 7.96. The first kappa shape index (κ1) is 28.6. The average Bonchev–Trinajstić information content (AvgIpc) is 3.43. The van der Waals surface area contributed by atoms with E-state index in [9.17, 15) is 28.8 Å². The highest BCUT2D eigenvalue weighted by Gasteiger charge is 2.48. The molecule has 2 heterocycles. The fraction of sp³-hybridized carbons (Fsp3) is 0.438. The fourth-order valence-electron chi connectivity index (χ4n) is 6.77. The zero-order valence-corrected chi connectivity index (χ0v) is 23.4. The molecule has 0 bridgehead atoms. The van der Waals surface area contributed by atoms with Gasteiger partial charge in [-0.3, -0.25) is 28.8 Å². The van der Waals surface area contributed by atoms with Crippen LogP contribution in [-0.4, -0.2) is 35.7 Å². The summed E-state index contributed by atoms with van der Waals surface area (Å²) in [5, 5.41) is 5.75. The lowest BCUT2D eigenvalue weighted by atomic mass is 9.74. The Bertz CT molecular complexity index is 1340. The molecular weight excluding hydrogens is 556 g/mol. The van der Waals surface area contributed by atoms with E-state index in [0.29, 0.717) is 61.4 Å². The molecule has 4 aliphatic rings. The maximum atomic E-state index is 12.6. The second-order valence-corrected chi connectivity index (χ2v) is 11.9. The van der Waals surface area contributed by atoms with Gasteiger partial charge >= 0.3 is 23.9 Å². The highest BCUT2D eigenvalue weighted by atomic mass is 16.6. The normalized spacial score (nSPS) is 27.9. The van der Waals surface area contributed by atoms with E-state index < -0.39 is 35.7 Å². The number of carbonyl (C=O) groups is 6. The number of rotatable bonds is 8. The molecule has 224 valence electrons. The Morgan fingerprint density at radius 2 is 0.953 bits per heavy atom. The Balaban J connectivity index is 0.938. The minimum Gasteiger partial charge on any atom is -0.457 e. The SMILES string of the molecule is O=C(CC1CCC2C(=O)OC(=O)C2C1)Nc1ccc(Oc2ccc(NC(=O)CC3CCC4C(=O)OC(=O)C4C3)cc2)cc1. The summed E-state index contributed by atoms with van der Waals surface area (Å²) in [7, 11) is 0. The minimum absolute atomic E-state index is 0.0229. The van der Waals surface area contributed by atoms with Crippen LogP contribution in [0.4, 0.5) is 11.4 Å². The highest BCUT2D eigenvalue weighted by Crippen LogP contribution is 2.42. The smallest absolute Gasteiger partial charge is 0.317 e. The number of esters is 4. The Hall–Kier alpha value is -4.54. The maximum Gasteiger partial charge on any atom is 0.317 e. The van der Waals surface area contributed by atoms with Crippen LogP contribution in [0.15, 0.2) is 48.5 Å². The summed E-state index contributed by atoms with van der Waals surface area (Å²) >= 11 is 0. The van der Waals surface area contributed by atoms with Gasteiger partial charge in [0.2, 0.25) is 11.8 Å². The lowest BCUT2D eigenvalue weighted by Gasteiger charge is -2.27. The van der Waals surface area contributed by atoms with Crippen LogP contribution in [0.3, 0.4) is 0 Å². The van der Waals surface area contributed by atoms with Gasteiger partial charge in [-0.1, -0.05) is 0 Å². The van der Waals surface area contributed by atoms with Crippen molar-refractivity contribution in [3.05, 3.63) is 48.5 Å². The number of benzene rings is 2. The van der Waals surface area contributed by atoms with Crippen molar-refractivity contribution < 1.29 is 43.0 Å². The number of nitrogens with one attached hydrogen (secondary N) is 2. The highest BCUT2D eigenvalue weighted by molar-refractivity contribution is 5.97. The van der Waals surface area contributed by atoms with Crippen LogP contribution in [0.25, 0.3) is 0 Å². The summed E-state index contributed by atoms with van der Waals surface area (Å²) in [4.78, 5) is 72.4. The van der Waals surface area contributed by atoms with E-state index in [1.165, 1.54) is 0 Å². The van der Waals surface area contributed by atoms with Crippen LogP contribution in [-0.2, 0) is 38.2 Å². The van der Waals surface area contributed by atoms with Crippen molar-refractivity contribution in [3.63, 3.8) is 0 Å². The third-order valence-electron chi connectivity index (χ3n) is 8.99. The van der Waals surface area contributed by atoms with E-state index >= 15 is 0 Å². The Morgan fingerprint density at radius 1 is 0.581 bits per heavy atom. The number of fused-ring (bicyclic) bond motifs is 2. The monoisotopic (exact) mass is 588 g/mol. The molecule has 2 amide bonds. The third-order valence-corrected chi connectivity index (χ3v) is 8.99. The van der Waals surface area contributed by atoms with Gasteiger partial charge in [-0.2, -0.15) is 0 Å². The first-order chi connectivity index (χ1) is 20.7. The van der Waals surface area contributed by atoms with E-state index in [0.717, 1.165) is 0 Å². The summed E-state index contributed by atoms with van der Waals surface area (Å²) in [6.45, 7) is 0. The number of hydrogen-bond donors (Lipinski definition) is 2. The van der Waals surface area contributed by atoms with Gasteiger partial charge in [0.1, 0.15) is 11.5 Å². The van der Waals surface area contributed by atoms with E-state index in [-0.39, 0.29) is 48.3 Å². The molecule has 6 unspecified atom stereocenters. The van der Waals surface area contributed by atoms with Crippen molar-refractivity contribution in [1.29, 1.82) is 0 Å². The van der Waals surface area contributed by atoms with Crippen LogP contribution >= 0.6 is 0 Å². The second-order valence-electron chi connectivity index (χ2n) is 11.9. The molecule has 2 saturated carbocycles. The molecule has 4 fully saturated rings. The molecule has 11 nitrogen and oxygen atoms in total. The van der Waals surface area contributed by atoms with E-state index in [2.05, 4.69) is 10.6 Å². The Labute approximate surface area is 247 Å². The van der Waals surface area contributed by atoms with Crippen molar-refractivity contribution >= 4 is 47.1 Å². The van der Waals surface area contributed by atoms with Crippen molar-refractivity contribution in [2.75, 3.05) is 10.6 Å². The lowest BCUT2D eigenvalue weighted by molar-refractivity contribution is -0.155. The predicted octanol–water partition coefficient (Wildman–Crippen LogP) is 4.37. The van der Waals surface area contributed by atoms with Gasteiger partial charge in [-0.25, -0.2) is 0 Å². The second kappa shape index (κ2) is 12.0. The number of ether oxygens (including phenoxy) is 3. The molecule has 2 aliphatic heterocycles. The first-order valence-electron chi connectivity index (χ1n) is 14.7. The number of hydrogen-bond acceptors (Lipinski definition) is 9. The number of anilines is 2. The average molecular weight is 589 g/mol. The van der Waals surface area contributed by atoms with Crippen molar-refractivity contribution in [2.45, 2.75) is 51.4 Å². The van der Waals surface area contributed by atoms with Gasteiger partial charge in [0.15, 0.2) is 0 Å². The van der Waals surface area contributed by atoms with Gasteiger partial charge in [0.05, 0.1) is 23.7 Å². The van der Waals surface area contributed by atoms with Crippen LogP contribution in [0.2, 0.25) is 0 Å². The molecule has 2 aliphatic carbocycles. The topological polar surface area (TPSA) is 154 Å². The summed E-state index contributed by atoms with van der Waals surface area (Å²) in [5.41, 5.74) is 1.23. The molecular formula is C32H32N2O9. The van der Waals surface area contributed by atoms with E-state index in [1.54, 1.807) is 48.5 Å².